The second kappa shape index (κ2) is 4.64. The zero-order valence-corrected chi connectivity index (χ0v) is 10.4. The first kappa shape index (κ1) is 12.4. The summed E-state index contributed by atoms with van der Waals surface area (Å²) in [6.07, 6.45) is 1.78. The number of carbonyl (C=O) groups excluding carboxylic acids is 1. The summed E-state index contributed by atoms with van der Waals surface area (Å²) in [6.45, 7) is 4.03. The molecule has 0 spiro atoms. The Morgan fingerprint density at radius 2 is 1.83 bits per heavy atom. The van der Waals surface area contributed by atoms with E-state index in [0.29, 0.717) is 17.7 Å². The van der Waals surface area contributed by atoms with Crippen LogP contribution >= 0.6 is 0 Å². The van der Waals surface area contributed by atoms with Gasteiger partial charge in [0.1, 0.15) is 0 Å². The SMILES string of the molecule is CC1=CCN(C(=O)c2ccc(C)cc2)C1C(=O)O. The van der Waals surface area contributed by atoms with Crippen molar-refractivity contribution in [2.24, 2.45) is 0 Å². The molecule has 4 heteroatoms. The summed E-state index contributed by atoms with van der Waals surface area (Å²) in [5.41, 5.74) is 2.30. The molecule has 0 fully saturated rings. The quantitative estimate of drug-likeness (QED) is 0.809. The molecule has 1 amide bonds. The lowest BCUT2D eigenvalue weighted by molar-refractivity contribution is -0.140. The Morgan fingerprint density at radius 3 is 2.39 bits per heavy atom. The Hall–Kier alpha value is -2.10. The first-order valence-corrected chi connectivity index (χ1v) is 5.78. The van der Waals surface area contributed by atoms with E-state index in [1.807, 2.05) is 19.1 Å². The molecular weight excluding hydrogens is 230 g/mol. The lowest BCUT2D eigenvalue weighted by atomic mass is 10.1. The molecule has 2 rings (SSSR count). The number of hydrogen-bond donors (Lipinski definition) is 1. The number of rotatable bonds is 2. The van der Waals surface area contributed by atoms with Crippen molar-refractivity contribution in [1.82, 2.24) is 4.90 Å². The van der Waals surface area contributed by atoms with Crippen molar-refractivity contribution in [3.8, 4) is 0 Å². The van der Waals surface area contributed by atoms with Crippen LogP contribution in [0.5, 0.6) is 0 Å². The van der Waals surface area contributed by atoms with Crippen molar-refractivity contribution >= 4 is 11.9 Å². The average Bonchev–Trinajstić information content (AvgIpc) is 2.71. The molecule has 1 aromatic carbocycles. The van der Waals surface area contributed by atoms with E-state index < -0.39 is 12.0 Å². The first-order valence-electron chi connectivity index (χ1n) is 5.78. The first-order chi connectivity index (χ1) is 8.50. The summed E-state index contributed by atoms with van der Waals surface area (Å²) in [7, 11) is 0. The van der Waals surface area contributed by atoms with Gasteiger partial charge in [0.05, 0.1) is 0 Å². The topological polar surface area (TPSA) is 57.6 Å². The maximum absolute atomic E-state index is 12.2. The Labute approximate surface area is 106 Å². The molecule has 94 valence electrons. The molecule has 0 bridgehead atoms. The molecular formula is C14H15NO3. The Balaban J connectivity index is 2.25. The number of amides is 1. The van der Waals surface area contributed by atoms with Crippen molar-refractivity contribution in [1.29, 1.82) is 0 Å². The maximum atomic E-state index is 12.2. The monoisotopic (exact) mass is 245 g/mol. The third-order valence-corrected chi connectivity index (χ3v) is 3.15. The summed E-state index contributed by atoms with van der Waals surface area (Å²) >= 11 is 0. The van der Waals surface area contributed by atoms with Crippen LogP contribution in [0.1, 0.15) is 22.8 Å². The molecule has 1 aromatic rings. The van der Waals surface area contributed by atoms with Crippen LogP contribution in [0.15, 0.2) is 35.9 Å². The van der Waals surface area contributed by atoms with E-state index in [4.69, 9.17) is 5.11 Å². The van der Waals surface area contributed by atoms with E-state index in [1.165, 1.54) is 4.90 Å². The Bertz CT molecular complexity index is 516. The molecule has 1 aliphatic heterocycles. The summed E-state index contributed by atoms with van der Waals surface area (Å²) in [5.74, 6) is -1.22. The summed E-state index contributed by atoms with van der Waals surface area (Å²) in [5, 5.41) is 9.16. The van der Waals surface area contributed by atoms with Crippen LogP contribution in [-0.4, -0.2) is 34.5 Å². The number of aryl methyl sites for hydroxylation is 1. The van der Waals surface area contributed by atoms with Crippen LogP contribution < -0.4 is 0 Å². The zero-order chi connectivity index (χ0) is 13.3. The van der Waals surface area contributed by atoms with Gasteiger partial charge in [-0.2, -0.15) is 0 Å². The number of nitrogens with zero attached hydrogens (tertiary/aromatic N) is 1. The molecule has 1 N–H and O–H groups in total. The van der Waals surface area contributed by atoms with Gasteiger partial charge in [0.2, 0.25) is 0 Å². The predicted molar refractivity (Wildman–Crippen MR) is 67.4 cm³/mol. The Kier molecular flexibility index (Phi) is 3.19. The highest BCUT2D eigenvalue weighted by atomic mass is 16.4. The number of hydrogen-bond acceptors (Lipinski definition) is 2. The number of carboxylic acids is 1. The van der Waals surface area contributed by atoms with Crippen molar-refractivity contribution in [2.45, 2.75) is 19.9 Å². The fourth-order valence-corrected chi connectivity index (χ4v) is 2.10. The molecule has 1 aliphatic rings. The average molecular weight is 245 g/mol. The van der Waals surface area contributed by atoms with Crippen molar-refractivity contribution in [3.05, 3.63) is 47.0 Å². The summed E-state index contributed by atoms with van der Waals surface area (Å²) < 4.78 is 0. The molecule has 4 nitrogen and oxygen atoms in total. The lowest BCUT2D eigenvalue weighted by Gasteiger charge is -2.23. The Morgan fingerprint density at radius 1 is 1.22 bits per heavy atom. The third kappa shape index (κ3) is 2.14. The van der Waals surface area contributed by atoms with Gasteiger partial charge in [0.15, 0.2) is 6.04 Å². The minimum atomic E-state index is -0.985. The van der Waals surface area contributed by atoms with E-state index in [9.17, 15) is 9.59 Å². The number of carbonyl (C=O) groups is 2. The predicted octanol–water partition coefficient (Wildman–Crippen LogP) is 1.85. The van der Waals surface area contributed by atoms with Gasteiger partial charge in [-0.3, -0.25) is 4.79 Å². The van der Waals surface area contributed by atoms with Crippen molar-refractivity contribution in [2.75, 3.05) is 6.54 Å². The van der Waals surface area contributed by atoms with Crippen LogP contribution in [0, 0.1) is 6.92 Å². The second-order valence-electron chi connectivity index (χ2n) is 4.51. The summed E-state index contributed by atoms with van der Waals surface area (Å²) in [4.78, 5) is 24.8. The zero-order valence-electron chi connectivity index (χ0n) is 10.4. The van der Waals surface area contributed by atoms with E-state index in [2.05, 4.69) is 0 Å². The number of benzene rings is 1. The van der Waals surface area contributed by atoms with Gasteiger partial charge in [-0.05, 0) is 31.6 Å². The molecule has 0 aliphatic carbocycles. The number of carboxylic acid groups (broad SMARTS) is 1. The normalized spacial score (nSPS) is 18.7. The molecule has 1 atom stereocenters. The van der Waals surface area contributed by atoms with Crippen LogP contribution in [0.4, 0.5) is 0 Å². The van der Waals surface area contributed by atoms with Crippen LogP contribution in [0.2, 0.25) is 0 Å². The smallest absolute Gasteiger partial charge is 0.330 e. The highest BCUT2D eigenvalue weighted by molar-refractivity contribution is 5.98. The van der Waals surface area contributed by atoms with Crippen LogP contribution in [-0.2, 0) is 4.79 Å². The molecule has 0 radical (unpaired) electrons. The van der Waals surface area contributed by atoms with Gasteiger partial charge in [-0.1, -0.05) is 23.8 Å². The molecule has 0 saturated carbocycles. The summed E-state index contributed by atoms with van der Waals surface area (Å²) in [6, 6.07) is 6.31. The lowest BCUT2D eigenvalue weighted by Crippen LogP contribution is -2.42. The second-order valence-corrected chi connectivity index (χ2v) is 4.51. The number of aliphatic carboxylic acids is 1. The standard InChI is InChI=1S/C14H15NO3/c1-9-3-5-11(6-4-9)13(16)15-8-7-10(2)12(15)14(17)18/h3-7,12H,8H2,1-2H3,(H,17,18). The van der Waals surface area contributed by atoms with Gasteiger partial charge in [-0.15, -0.1) is 0 Å². The van der Waals surface area contributed by atoms with Gasteiger partial charge in [0.25, 0.3) is 5.91 Å². The van der Waals surface area contributed by atoms with Gasteiger partial charge in [0, 0.05) is 12.1 Å². The minimum Gasteiger partial charge on any atom is -0.479 e. The van der Waals surface area contributed by atoms with Crippen LogP contribution in [0.3, 0.4) is 0 Å². The van der Waals surface area contributed by atoms with Gasteiger partial charge < -0.3 is 10.0 Å². The van der Waals surface area contributed by atoms with E-state index >= 15 is 0 Å². The maximum Gasteiger partial charge on any atom is 0.330 e. The van der Waals surface area contributed by atoms with Crippen molar-refractivity contribution in [3.63, 3.8) is 0 Å². The van der Waals surface area contributed by atoms with E-state index in [0.717, 1.165) is 5.56 Å². The third-order valence-electron chi connectivity index (χ3n) is 3.15. The molecule has 0 aromatic heterocycles. The highest BCUT2D eigenvalue weighted by Gasteiger charge is 2.34. The van der Waals surface area contributed by atoms with E-state index in [1.54, 1.807) is 25.1 Å². The van der Waals surface area contributed by atoms with E-state index in [-0.39, 0.29) is 5.91 Å². The fraction of sp³-hybridized carbons (Fsp3) is 0.286. The molecule has 18 heavy (non-hydrogen) atoms. The van der Waals surface area contributed by atoms with Crippen molar-refractivity contribution < 1.29 is 14.7 Å². The fourth-order valence-electron chi connectivity index (χ4n) is 2.10. The molecule has 1 unspecified atom stereocenters. The van der Waals surface area contributed by atoms with Gasteiger partial charge >= 0.3 is 5.97 Å². The van der Waals surface area contributed by atoms with Gasteiger partial charge in [-0.25, -0.2) is 4.79 Å². The minimum absolute atomic E-state index is 0.240. The highest BCUT2D eigenvalue weighted by Crippen LogP contribution is 2.21. The largest absolute Gasteiger partial charge is 0.479 e. The molecule has 0 saturated heterocycles. The van der Waals surface area contributed by atoms with Crippen LogP contribution in [0.25, 0.3) is 0 Å². The molecule has 1 heterocycles.